The summed E-state index contributed by atoms with van der Waals surface area (Å²) in [7, 11) is 0. The molecule has 7 aromatic rings. The number of benzene rings is 7. The van der Waals surface area contributed by atoms with E-state index in [4.69, 9.17) is 0 Å². The minimum atomic E-state index is -0.309. The first kappa shape index (κ1) is 25.5. The van der Waals surface area contributed by atoms with Gasteiger partial charge in [-0.15, -0.1) is 0 Å². The molecule has 0 saturated heterocycles. The lowest BCUT2D eigenvalue weighted by Crippen LogP contribution is -2.25. The van der Waals surface area contributed by atoms with Crippen LogP contribution >= 0.6 is 0 Å². The molecule has 1 atom stereocenters. The monoisotopic (exact) mass is 597 g/mol. The highest BCUT2D eigenvalue weighted by atomic mass is 15.2. The molecule has 4 aliphatic rings. The van der Waals surface area contributed by atoms with E-state index in [1.165, 1.54) is 89.3 Å². The van der Waals surface area contributed by atoms with Gasteiger partial charge in [-0.2, -0.15) is 0 Å². The van der Waals surface area contributed by atoms with Crippen LogP contribution in [0.25, 0.3) is 44.5 Å². The van der Waals surface area contributed by atoms with Gasteiger partial charge < -0.3 is 4.90 Å². The first-order valence-corrected chi connectivity index (χ1v) is 16.8. The highest BCUT2D eigenvalue weighted by Crippen LogP contribution is 2.63. The van der Waals surface area contributed by atoms with Crippen LogP contribution in [0.1, 0.15) is 33.4 Å². The summed E-state index contributed by atoms with van der Waals surface area (Å²) in [5.41, 5.74) is 21.5. The number of nitrogens with zero attached hydrogens (tertiary/aromatic N) is 1. The summed E-state index contributed by atoms with van der Waals surface area (Å²) >= 11 is 0. The van der Waals surface area contributed by atoms with E-state index < -0.39 is 0 Å². The van der Waals surface area contributed by atoms with Crippen molar-refractivity contribution in [1.29, 1.82) is 0 Å². The van der Waals surface area contributed by atoms with Crippen LogP contribution < -0.4 is 4.90 Å². The second-order valence-electron chi connectivity index (χ2n) is 13.6. The van der Waals surface area contributed by atoms with E-state index in [9.17, 15) is 0 Å². The molecular weight excluding hydrogens is 567 g/mol. The van der Waals surface area contributed by atoms with Gasteiger partial charge in [-0.3, -0.25) is 0 Å². The van der Waals surface area contributed by atoms with Crippen molar-refractivity contribution >= 4 is 11.4 Å². The van der Waals surface area contributed by atoms with Gasteiger partial charge in [-0.25, -0.2) is 0 Å². The highest BCUT2D eigenvalue weighted by molar-refractivity contribution is 5.96. The SMILES string of the molecule is c1ccc(-c2ccc3c(c2)CC2Cc4cc(-c5ccc6c(c5)C5(c7ccccc7-c7ccccc75)c5ccccc5-6)ccc4N32)cc1. The average Bonchev–Trinajstić information content (AvgIpc) is 3.85. The van der Waals surface area contributed by atoms with Crippen LogP contribution in [-0.2, 0) is 18.3 Å². The Labute approximate surface area is 275 Å². The van der Waals surface area contributed by atoms with Crippen LogP contribution in [0, 0.1) is 0 Å². The lowest BCUT2D eigenvalue weighted by Gasteiger charge is -2.30. The fraction of sp³-hybridized carbons (Fsp3) is 0.0870. The third-order valence-electron chi connectivity index (χ3n) is 11.4. The van der Waals surface area contributed by atoms with Crippen LogP contribution in [0.2, 0.25) is 0 Å². The largest absolute Gasteiger partial charge is 0.337 e. The Balaban J connectivity index is 1.03. The zero-order chi connectivity index (χ0) is 30.7. The molecular formula is C46H31N. The summed E-state index contributed by atoms with van der Waals surface area (Å²) in [6.45, 7) is 0. The van der Waals surface area contributed by atoms with Crippen molar-refractivity contribution in [1.82, 2.24) is 0 Å². The van der Waals surface area contributed by atoms with Gasteiger partial charge in [0.1, 0.15) is 0 Å². The number of anilines is 2. The van der Waals surface area contributed by atoms with Crippen molar-refractivity contribution < 1.29 is 0 Å². The highest BCUT2D eigenvalue weighted by Gasteiger charge is 2.51. The van der Waals surface area contributed by atoms with Gasteiger partial charge in [0.2, 0.25) is 0 Å². The molecule has 1 nitrogen and oxygen atoms in total. The lowest BCUT2D eigenvalue weighted by atomic mass is 9.70. The van der Waals surface area contributed by atoms with Gasteiger partial charge in [-0.1, -0.05) is 127 Å². The molecule has 0 N–H and O–H groups in total. The second kappa shape index (κ2) is 9.21. The Kier molecular flexibility index (Phi) is 5.00. The molecule has 0 aromatic heterocycles. The minimum Gasteiger partial charge on any atom is -0.337 e. The minimum absolute atomic E-state index is 0.309. The van der Waals surface area contributed by atoms with Crippen molar-refractivity contribution in [2.24, 2.45) is 0 Å². The van der Waals surface area contributed by atoms with Gasteiger partial charge in [0.15, 0.2) is 0 Å². The summed E-state index contributed by atoms with van der Waals surface area (Å²) in [5, 5.41) is 0. The molecule has 2 aliphatic carbocycles. The van der Waals surface area contributed by atoms with Gasteiger partial charge in [0.05, 0.1) is 5.41 Å². The summed E-state index contributed by atoms with van der Waals surface area (Å²) in [6, 6.07) is 59.9. The lowest BCUT2D eigenvalue weighted by molar-refractivity contribution is 0.725. The maximum absolute atomic E-state index is 2.60. The second-order valence-corrected chi connectivity index (χ2v) is 13.6. The summed E-state index contributed by atoms with van der Waals surface area (Å²) in [4.78, 5) is 2.60. The quantitative estimate of drug-likeness (QED) is 0.192. The predicted molar refractivity (Wildman–Crippen MR) is 193 cm³/mol. The van der Waals surface area contributed by atoms with E-state index in [2.05, 4.69) is 163 Å². The van der Waals surface area contributed by atoms with Crippen LogP contribution in [-0.4, -0.2) is 6.04 Å². The Morgan fingerprint density at radius 1 is 0.383 bits per heavy atom. The molecule has 2 aliphatic heterocycles. The third-order valence-corrected chi connectivity index (χ3v) is 11.4. The normalized spacial score (nSPS) is 16.7. The summed E-state index contributed by atoms with van der Waals surface area (Å²) in [5.74, 6) is 0. The van der Waals surface area contributed by atoms with E-state index in [1.807, 2.05) is 0 Å². The van der Waals surface area contributed by atoms with Crippen LogP contribution in [0.15, 0.2) is 158 Å². The Morgan fingerprint density at radius 3 is 1.40 bits per heavy atom. The van der Waals surface area contributed by atoms with Crippen LogP contribution in [0.5, 0.6) is 0 Å². The molecule has 0 saturated carbocycles. The van der Waals surface area contributed by atoms with E-state index in [0.717, 1.165) is 12.8 Å². The van der Waals surface area contributed by atoms with Crippen molar-refractivity contribution in [3.05, 3.63) is 191 Å². The Morgan fingerprint density at radius 2 is 0.830 bits per heavy atom. The van der Waals surface area contributed by atoms with E-state index in [-0.39, 0.29) is 5.41 Å². The van der Waals surface area contributed by atoms with Gasteiger partial charge in [0, 0.05) is 17.4 Å². The van der Waals surface area contributed by atoms with Crippen LogP contribution in [0.3, 0.4) is 0 Å². The number of rotatable bonds is 2. The molecule has 1 heteroatoms. The maximum atomic E-state index is 2.60. The fourth-order valence-electron chi connectivity index (χ4n) is 9.52. The molecule has 0 radical (unpaired) electrons. The van der Waals surface area contributed by atoms with Crippen molar-refractivity contribution in [2.75, 3.05) is 4.90 Å². The molecule has 0 amide bonds. The van der Waals surface area contributed by atoms with Gasteiger partial charge >= 0.3 is 0 Å². The summed E-state index contributed by atoms with van der Waals surface area (Å²) in [6.07, 6.45) is 2.18. The van der Waals surface area contributed by atoms with E-state index >= 15 is 0 Å². The van der Waals surface area contributed by atoms with Crippen molar-refractivity contribution in [2.45, 2.75) is 24.3 Å². The topological polar surface area (TPSA) is 3.24 Å². The molecule has 1 spiro atoms. The number of hydrogen-bond acceptors (Lipinski definition) is 1. The standard InChI is InChI=1S/C46H31N/c1-2-10-29(11-3-1)30-19-22-44-33(24-30)26-35-27-34-25-31(20-23-45(34)47(35)44)32-18-21-39-38-14-6-9-17-42(38)46(43(39)28-32)40-15-7-4-12-36(40)37-13-5-8-16-41(37)46/h1-25,28,35H,26-27H2. The first-order chi connectivity index (χ1) is 23.3. The maximum Gasteiger partial charge on any atom is 0.0725 e. The molecule has 11 rings (SSSR count). The molecule has 0 bridgehead atoms. The smallest absolute Gasteiger partial charge is 0.0725 e. The fourth-order valence-corrected chi connectivity index (χ4v) is 9.52. The Hall–Kier alpha value is -5.66. The third kappa shape index (κ3) is 3.29. The zero-order valence-electron chi connectivity index (χ0n) is 25.9. The number of fused-ring (bicyclic) bond motifs is 15. The van der Waals surface area contributed by atoms with E-state index in [0.29, 0.717) is 6.04 Å². The molecule has 47 heavy (non-hydrogen) atoms. The molecule has 0 fully saturated rings. The van der Waals surface area contributed by atoms with Crippen molar-refractivity contribution in [3.63, 3.8) is 0 Å². The van der Waals surface area contributed by atoms with Crippen molar-refractivity contribution in [3.8, 4) is 44.5 Å². The Bertz CT molecular complexity index is 2370. The first-order valence-electron chi connectivity index (χ1n) is 16.8. The zero-order valence-corrected chi connectivity index (χ0v) is 25.9. The van der Waals surface area contributed by atoms with Crippen LogP contribution in [0.4, 0.5) is 11.4 Å². The number of hydrogen-bond donors (Lipinski definition) is 0. The summed E-state index contributed by atoms with van der Waals surface area (Å²) < 4.78 is 0. The average molecular weight is 598 g/mol. The predicted octanol–water partition coefficient (Wildman–Crippen LogP) is 11.0. The molecule has 1 unspecified atom stereocenters. The molecule has 2 heterocycles. The molecule has 220 valence electrons. The molecule has 7 aromatic carbocycles. The van der Waals surface area contributed by atoms with Gasteiger partial charge in [0.25, 0.3) is 0 Å². The van der Waals surface area contributed by atoms with Gasteiger partial charge in [-0.05, 0) is 121 Å². The van der Waals surface area contributed by atoms with E-state index in [1.54, 1.807) is 0 Å².